The van der Waals surface area contributed by atoms with Crippen molar-refractivity contribution in [2.75, 3.05) is 41.8 Å². The molecule has 150 valence electrons. The standard InChI is InChI=1S/C22H21N7O/c1-2-9-19(29-11-13-30-14-12-29)17(7-1)25-20-15-24-28-22(27-20)26-18-8-3-5-16-6-4-10-23-21(16)18/h1-10,15H,11-14H2,(H2,25,26,27,28). The van der Waals surface area contributed by atoms with Gasteiger partial charge in [-0.1, -0.05) is 30.3 Å². The summed E-state index contributed by atoms with van der Waals surface area (Å²) in [4.78, 5) is 11.4. The largest absolute Gasteiger partial charge is 0.378 e. The molecule has 0 unspecified atom stereocenters. The quantitative estimate of drug-likeness (QED) is 0.525. The van der Waals surface area contributed by atoms with Crippen molar-refractivity contribution in [3.05, 3.63) is 67.0 Å². The summed E-state index contributed by atoms with van der Waals surface area (Å²) in [5.74, 6) is 1.02. The first-order valence-electron chi connectivity index (χ1n) is 9.86. The number of anilines is 5. The van der Waals surface area contributed by atoms with E-state index in [9.17, 15) is 0 Å². The van der Waals surface area contributed by atoms with Gasteiger partial charge in [0.25, 0.3) is 0 Å². The van der Waals surface area contributed by atoms with Crippen molar-refractivity contribution in [2.24, 2.45) is 0 Å². The molecule has 2 N–H and O–H groups in total. The number of hydrogen-bond donors (Lipinski definition) is 2. The molecule has 1 saturated heterocycles. The number of hydrogen-bond acceptors (Lipinski definition) is 8. The number of rotatable bonds is 5. The molecule has 2 aromatic heterocycles. The Kier molecular flexibility index (Phi) is 5.05. The number of pyridine rings is 1. The van der Waals surface area contributed by atoms with Crippen LogP contribution in [0.1, 0.15) is 0 Å². The molecule has 0 saturated carbocycles. The molecule has 0 aliphatic carbocycles. The van der Waals surface area contributed by atoms with E-state index in [2.05, 4.69) is 41.8 Å². The molecule has 1 fully saturated rings. The summed E-state index contributed by atoms with van der Waals surface area (Å²) in [5.41, 5.74) is 3.78. The van der Waals surface area contributed by atoms with Gasteiger partial charge in [0.1, 0.15) is 0 Å². The molecule has 4 aromatic rings. The molecule has 8 heteroatoms. The Balaban J connectivity index is 1.40. The molecule has 0 bridgehead atoms. The van der Waals surface area contributed by atoms with E-state index < -0.39 is 0 Å². The van der Waals surface area contributed by atoms with Gasteiger partial charge in [0.05, 0.1) is 42.0 Å². The van der Waals surface area contributed by atoms with Crippen molar-refractivity contribution >= 4 is 39.7 Å². The predicted octanol–water partition coefficient (Wildman–Crippen LogP) is 3.74. The highest BCUT2D eigenvalue weighted by Gasteiger charge is 2.15. The van der Waals surface area contributed by atoms with E-state index in [1.807, 2.05) is 48.5 Å². The van der Waals surface area contributed by atoms with E-state index in [0.717, 1.165) is 54.3 Å². The number of ether oxygens (including phenoxy) is 1. The average molecular weight is 399 g/mol. The average Bonchev–Trinajstić information content (AvgIpc) is 2.81. The topological polar surface area (TPSA) is 88.1 Å². The molecule has 3 heterocycles. The van der Waals surface area contributed by atoms with Gasteiger partial charge < -0.3 is 20.3 Å². The van der Waals surface area contributed by atoms with Gasteiger partial charge >= 0.3 is 0 Å². The Morgan fingerprint density at radius 2 is 1.70 bits per heavy atom. The lowest BCUT2D eigenvalue weighted by atomic mass is 10.2. The van der Waals surface area contributed by atoms with Crippen LogP contribution in [0.25, 0.3) is 10.9 Å². The number of nitrogens with zero attached hydrogens (tertiary/aromatic N) is 5. The highest BCUT2D eigenvalue weighted by molar-refractivity contribution is 5.91. The zero-order valence-electron chi connectivity index (χ0n) is 16.3. The van der Waals surface area contributed by atoms with Crippen molar-refractivity contribution in [1.82, 2.24) is 20.2 Å². The third-order valence-electron chi connectivity index (χ3n) is 4.96. The number of benzene rings is 2. The van der Waals surface area contributed by atoms with Crippen LogP contribution in [0.3, 0.4) is 0 Å². The van der Waals surface area contributed by atoms with E-state index in [1.54, 1.807) is 12.4 Å². The minimum Gasteiger partial charge on any atom is -0.378 e. The Morgan fingerprint density at radius 3 is 2.63 bits per heavy atom. The van der Waals surface area contributed by atoms with E-state index >= 15 is 0 Å². The van der Waals surface area contributed by atoms with E-state index in [4.69, 9.17) is 4.74 Å². The van der Waals surface area contributed by atoms with Crippen LogP contribution in [0.15, 0.2) is 67.0 Å². The maximum absolute atomic E-state index is 5.48. The fraction of sp³-hybridized carbons (Fsp3) is 0.182. The summed E-state index contributed by atoms with van der Waals surface area (Å²) in [6.07, 6.45) is 3.38. The number of morpholine rings is 1. The van der Waals surface area contributed by atoms with Gasteiger partial charge in [-0.05, 0) is 24.3 Å². The van der Waals surface area contributed by atoms with Crippen molar-refractivity contribution in [2.45, 2.75) is 0 Å². The summed E-state index contributed by atoms with van der Waals surface area (Å²) in [6, 6.07) is 18.1. The second kappa shape index (κ2) is 8.30. The molecule has 0 radical (unpaired) electrons. The van der Waals surface area contributed by atoms with Crippen LogP contribution in [0, 0.1) is 0 Å². The second-order valence-electron chi connectivity index (χ2n) is 6.91. The Bertz CT molecular complexity index is 1160. The third kappa shape index (κ3) is 3.85. The number of nitrogens with one attached hydrogen (secondary N) is 2. The lowest BCUT2D eigenvalue weighted by Crippen LogP contribution is -2.36. The third-order valence-corrected chi connectivity index (χ3v) is 4.96. The van der Waals surface area contributed by atoms with Crippen LogP contribution < -0.4 is 15.5 Å². The van der Waals surface area contributed by atoms with Crippen LogP contribution in [0.5, 0.6) is 0 Å². The van der Waals surface area contributed by atoms with Crippen LogP contribution in [0.2, 0.25) is 0 Å². The van der Waals surface area contributed by atoms with Crippen molar-refractivity contribution in [3.63, 3.8) is 0 Å². The molecule has 0 amide bonds. The molecule has 1 aliphatic heterocycles. The molecule has 1 aliphatic rings. The first kappa shape index (κ1) is 18.3. The summed E-state index contributed by atoms with van der Waals surface area (Å²) < 4.78 is 5.48. The predicted molar refractivity (Wildman–Crippen MR) is 118 cm³/mol. The zero-order chi connectivity index (χ0) is 20.2. The van der Waals surface area contributed by atoms with E-state index in [0.29, 0.717) is 11.8 Å². The van der Waals surface area contributed by atoms with Gasteiger partial charge in [-0.15, -0.1) is 5.10 Å². The van der Waals surface area contributed by atoms with Gasteiger partial charge in [0.15, 0.2) is 5.82 Å². The maximum atomic E-state index is 5.48. The van der Waals surface area contributed by atoms with Gasteiger partial charge in [0.2, 0.25) is 5.95 Å². The summed E-state index contributed by atoms with van der Waals surface area (Å²) in [6.45, 7) is 3.19. The van der Waals surface area contributed by atoms with Crippen molar-refractivity contribution in [1.29, 1.82) is 0 Å². The highest BCUT2D eigenvalue weighted by Crippen LogP contribution is 2.29. The molecular weight excluding hydrogens is 378 g/mol. The number of aromatic nitrogens is 4. The summed E-state index contributed by atoms with van der Waals surface area (Å²) in [5, 5.41) is 15.9. The molecule has 8 nitrogen and oxygen atoms in total. The van der Waals surface area contributed by atoms with Gasteiger partial charge in [-0.25, -0.2) is 0 Å². The molecule has 30 heavy (non-hydrogen) atoms. The Morgan fingerprint density at radius 1 is 0.867 bits per heavy atom. The SMILES string of the molecule is c1ccc(N2CCOCC2)c(Nc2cnnc(Nc3cccc4cccnc34)n2)c1. The minimum atomic E-state index is 0.405. The maximum Gasteiger partial charge on any atom is 0.249 e. The smallest absolute Gasteiger partial charge is 0.249 e. The van der Waals surface area contributed by atoms with Crippen LogP contribution in [-0.4, -0.2) is 46.5 Å². The first-order chi connectivity index (χ1) is 14.9. The van der Waals surface area contributed by atoms with Gasteiger partial charge in [-0.3, -0.25) is 4.98 Å². The Labute approximate surface area is 174 Å². The minimum absolute atomic E-state index is 0.405. The summed E-state index contributed by atoms with van der Waals surface area (Å²) in [7, 11) is 0. The van der Waals surface area contributed by atoms with Gasteiger partial charge in [-0.2, -0.15) is 10.1 Å². The van der Waals surface area contributed by atoms with Crippen LogP contribution in [0.4, 0.5) is 28.8 Å². The zero-order valence-corrected chi connectivity index (χ0v) is 16.3. The van der Waals surface area contributed by atoms with Crippen molar-refractivity contribution in [3.8, 4) is 0 Å². The highest BCUT2D eigenvalue weighted by atomic mass is 16.5. The number of fused-ring (bicyclic) bond motifs is 1. The fourth-order valence-electron chi connectivity index (χ4n) is 3.54. The normalized spacial score (nSPS) is 13.9. The van der Waals surface area contributed by atoms with Gasteiger partial charge in [0, 0.05) is 24.7 Å². The molecule has 0 spiro atoms. The second-order valence-corrected chi connectivity index (χ2v) is 6.91. The molecule has 2 aromatic carbocycles. The van der Waals surface area contributed by atoms with E-state index in [1.165, 1.54) is 0 Å². The summed E-state index contributed by atoms with van der Waals surface area (Å²) >= 11 is 0. The van der Waals surface area contributed by atoms with Crippen molar-refractivity contribution < 1.29 is 4.74 Å². The molecule has 5 rings (SSSR count). The Hall–Kier alpha value is -3.78. The van der Waals surface area contributed by atoms with Crippen LogP contribution in [-0.2, 0) is 4.74 Å². The first-order valence-corrected chi connectivity index (χ1v) is 9.86. The molecular formula is C22H21N7O. The fourth-order valence-corrected chi connectivity index (χ4v) is 3.54. The number of para-hydroxylation sites is 3. The van der Waals surface area contributed by atoms with Crippen LogP contribution >= 0.6 is 0 Å². The monoisotopic (exact) mass is 399 g/mol. The lowest BCUT2D eigenvalue weighted by molar-refractivity contribution is 0.123. The molecule has 0 atom stereocenters. The lowest BCUT2D eigenvalue weighted by Gasteiger charge is -2.30. The van der Waals surface area contributed by atoms with E-state index in [-0.39, 0.29) is 0 Å².